The molecular formula is C39H40N2O4. The topological polar surface area (TPSA) is 73.5 Å². The Labute approximate surface area is 266 Å². The van der Waals surface area contributed by atoms with Crippen molar-refractivity contribution in [1.29, 1.82) is 5.26 Å². The molecule has 6 nitrogen and oxygen atoms in total. The Bertz CT molecular complexity index is 1820. The highest BCUT2D eigenvalue weighted by Crippen LogP contribution is 2.30. The van der Waals surface area contributed by atoms with E-state index in [4.69, 9.17) is 14.2 Å². The smallest absolute Gasteiger partial charge is 0.262 e. The van der Waals surface area contributed by atoms with Crippen molar-refractivity contribution in [3.63, 3.8) is 0 Å². The van der Waals surface area contributed by atoms with Gasteiger partial charge in [-0.2, -0.15) is 5.26 Å². The van der Waals surface area contributed by atoms with E-state index in [0.717, 1.165) is 57.0 Å². The summed E-state index contributed by atoms with van der Waals surface area (Å²) in [4.78, 5) is 14.2. The summed E-state index contributed by atoms with van der Waals surface area (Å²) in [6.45, 7) is 10.5. The molecule has 0 aliphatic carbocycles. The lowest BCUT2D eigenvalue weighted by Crippen LogP contribution is -2.21. The zero-order valence-electron chi connectivity index (χ0n) is 26.7. The van der Waals surface area contributed by atoms with Crippen LogP contribution in [0.25, 0.3) is 28.0 Å². The molecule has 0 unspecified atom stereocenters. The van der Waals surface area contributed by atoms with Gasteiger partial charge in [0.2, 0.25) is 0 Å². The molecule has 230 valence electrons. The summed E-state index contributed by atoms with van der Waals surface area (Å²) in [5.41, 5.74) is 6.94. The van der Waals surface area contributed by atoms with E-state index < -0.39 is 0 Å². The molecule has 0 radical (unpaired) electrons. The van der Waals surface area contributed by atoms with Crippen LogP contribution in [0.2, 0.25) is 0 Å². The van der Waals surface area contributed by atoms with Crippen molar-refractivity contribution in [2.24, 2.45) is 0 Å². The third kappa shape index (κ3) is 8.21. The van der Waals surface area contributed by atoms with Gasteiger partial charge in [0, 0.05) is 41.1 Å². The van der Waals surface area contributed by atoms with E-state index in [2.05, 4.69) is 19.6 Å². The van der Waals surface area contributed by atoms with Crippen molar-refractivity contribution in [2.45, 2.75) is 40.0 Å². The van der Waals surface area contributed by atoms with Gasteiger partial charge in [0.05, 0.1) is 32.5 Å². The van der Waals surface area contributed by atoms with E-state index >= 15 is 0 Å². The Morgan fingerprint density at radius 1 is 0.956 bits per heavy atom. The number of allylic oxidation sites excluding steroid dienone is 5. The summed E-state index contributed by atoms with van der Waals surface area (Å²) >= 11 is 0. The second-order valence-corrected chi connectivity index (χ2v) is 10.8. The summed E-state index contributed by atoms with van der Waals surface area (Å²) < 4.78 is 18.7. The molecule has 4 rings (SSSR count). The number of hydrogen-bond acceptors (Lipinski definition) is 5. The molecule has 0 fully saturated rings. The first-order valence-electron chi connectivity index (χ1n) is 15.0. The maximum absolute atomic E-state index is 14.2. The molecule has 0 saturated carbocycles. The van der Waals surface area contributed by atoms with E-state index in [1.165, 1.54) is 0 Å². The van der Waals surface area contributed by atoms with E-state index in [-0.39, 0.29) is 5.56 Å². The Kier molecular flexibility index (Phi) is 11.2. The molecule has 1 aromatic heterocycles. The minimum atomic E-state index is -0.167. The monoisotopic (exact) mass is 600 g/mol. The van der Waals surface area contributed by atoms with Gasteiger partial charge < -0.3 is 14.2 Å². The van der Waals surface area contributed by atoms with Crippen molar-refractivity contribution in [1.82, 2.24) is 4.57 Å². The first kappa shape index (κ1) is 32.6. The summed E-state index contributed by atoms with van der Waals surface area (Å²) in [6, 6.07) is 23.2. The van der Waals surface area contributed by atoms with E-state index in [0.29, 0.717) is 36.3 Å². The van der Waals surface area contributed by atoms with Gasteiger partial charge in [0.25, 0.3) is 5.56 Å². The zero-order chi connectivity index (χ0) is 32.3. The number of benzene rings is 3. The molecule has 1 heterocycles. The van der Waals surface area contributed by atoms with Crippen molar-refractivity contribution in [3.8, 4) is 45.6 Å². The number of hydrogen-bond donors (Lipinski definition) is 0. The molecule has 0 bridgehead atoms. The van der Waals surface area contributed by atoms with Crippen LogP contribution in [-0.4, -0.2) is 25.4 Å². The molecule has 0 aliphatic heterocycles. The lowest BCUT2D eigenvalue weighted by molar-refractivity contribution is 0.321. The maximum atomic E-state index is 14.2. The predicted molar refractivity (Wildman–Crippen MR) is 183 cm³/mol. The van der Waals surface area contributed by atoms with E-state index in [1.54, 1.807) is 24.9 Å². The second-order valence-electron chi connectivity index (χ2n) is 10.8. The largest absolute Gasteiger partial charge is 0.497 e. The molecule has 3 aromatic carbocycles. The molecule has 4 aromatic rings. The fourth-order valence-electron chi connectivity index (χ4n) is 5.06. The van der Waals surface area contributed by atoms with Crippen LogP contribution in [0.3, 0.4) is 0 Å². The van der Waals surface area contributed by atoms with Gasteiger partial charge in [-0.05, 0) is 85.9 Å². The van der Waals surface area contributed by atoms with E-state index in [9.17, 15) is 10.1 Å². The Morgan fingerprint density at radius 3 is 2.36 bits per heavy atom. The van der Waals surface area contributed by atoms with Gasteiger partial charge in [-0.15, -0.1) is 0 Å². The number of aromatic nitrogens is 1. The van der Waals surface area contributed by atoms with Crippen molar-refractivity contribution in [3.05, 3.63) is 130 Å². The number of aryl methyl sites for hydroxylation is 1. The van der Waals surface area contributed by atoms with Crippen LogP contribution in [0.5, 0.6) is 17.2 Å². The summed E-state index contributed by atoms with van der Waals surface area (Å²) in [7, 11) is 3.26. The normalized spacial score (nSPS) is 11.3. The van der Waals surface area contributed by atoms with Gasteiger partial charge in [-0.3, -0.25) is 9.36 Å². The van der Waals surface area contributed by atoms with Crippen molar-refractivity contribution in [2.75, 3.05) is 20.8 Å². The molecule has 0 amide bonds. The minimum Gasteiger partial charge on any atom is -0.497 e. The Hall–Kier alpha value is -5.28. The molecule has 0 saturated heterocycles. The number of methoxy groups -OCH3 is 2. The van der Waals surface area contributed by atoms with Crippen LogP contribution in [0.15, 0.2) is 108 Å². The van der Waals surface area contributed by atoms with Gasteiger partial charge in [0.1, 0.15) is 17.2 Å². The molecule has 0 atom stereocenters. The lowest BCUT2D eigenvalue weighted by Gasteiger charge is -2.16. The molecule has 0 N–H and O–H groups in total. The zero-order valence-corrected chi connectivity index (χ0v) is 26.7. The SMILES string of the molecule is C=C(CC)C/C=C(\C=C/C)n1cc(-c2ccccc2C#N)cc(-c2cc(C)cc(OCCc3cc(OC)cc(OC)c3)c2)c1=O. The average Bonchev–Trinajstić information content (AvgIpc) is 3.06. The van der Waals surface area contributed by atoms with Crippen LogP contribution in [-0.2, 0) is 6.42 Å². The number of nitrogens with zero attached hydrogens (tertiary/aromatic N) is 2. The fraction of sp³-hybridized carbons (Fsp3) is 0.231. The highest BCUT2D eigenvalue weighted by molar-refractivity contribution is 5.77. The third-order valence-electron chi connectivity index (χ3n) is 7.52. The van der Waals surface area contributed by atoms with Gasteiger partial charge in [-0.1, -0.05) is 55.5 Å². The fourth-order valence-corrected chi connectivity index (χ4v) is 5.06. The quantitative estimate of drug-likeness (QED) is 0.113. The number of pyridine rings is 1. The standard InChI is InChI=1S/C39H40N2O4/c1-7-11-33(15-14-27(3)8-2)41-26-32(37-13-10-9-12-30(37)25-40)23-38(39(41)42)31-18-28(4)19-36(22-31)45-17-16-29-20-34(43-5)24-35(21-29)44-6/h7,9-13,15,18-24,26H,3,8,14,16-17H2,1-2,4-6H3/b11-7-,33-15+. The van der Waals surface area contributed by atoms with E-state index in [1.807, 2.05) is 98.9 Å². The van der Waals surface area contributed by atoms with Gasteiger partial charge in [-0.25, -0.2) is 0 Å². The first-order valence-corrected chi connectivity index (χ1v) is 15.0. The summed E-state index contributed by atoms with van der Waals surface area (Å²) in [5.74, 6) is 2.11. The average molecular weight is 601 g/mol. The summed E-state index contributed by atoms with van der Waals surface area (Å²) in [5, 5.41) is 9.87. The molecule has 0 aliphatic rings. The second kappa shape index (κ2) is 15.4. The van der Waals surface area contributed by atoms with Crippen LogP contribution < -0.4 is 19.8 Å². The molecule has 6 heteroatoms. The van der Waals surface area contributed by atoms with Crippen LogP contribution >= 0.6 is 0 Å². The van der Waals surface area contributed by atoms with Gasteiger partial charge in [0.15, 0.2) is 0 Å². The Morgan fingerprint density at radius 2 is 1.69 bits per heavy atom. The number of ether oxygens (including phenoxy) is 3. The third-order valence-corrected chi connectivity index (χ3v) is 7.52. The highest BCUT2D eigenvalue weighted by Gasteiger charge is 2.16. The lowest BCUT2D eigenvalue weighted by atomic mass is 9.97. The maximum Gasteiger partial charge on any atom is 0.262 e. The van der Waals surface area contributed by atoms with Crippen LogP contribution in [0.4, 0.5) is 0 Å². The Balaban J connectivity index is 1.79. The highest BCUT2D eigenvalue weighted by atomic mass is 16.5. The molecular weight excluding hydrogens is 560 g/mol. The minimum absolute atomic E-state index is 0.167. The molecule has 0 spiro atoms. The number of rotatable bonds is 13. The molecule has 45 heavy (non-hydrogen) atoms. The van der Waals surface area contributed by atoms with Crippen LogP contribution in [0, 0.1) is 18.3 Å². The predicted octanol–water partition coefficient (Wildman–Crippen LogP) is 8.77. The van der Waals surface area contributed by atoms with Crippen molar-refractivity contribution >= 4 is 5.70 Å². The van der Waals surface area contributed by atoms with Crippen LogP contribution in [0.1, 0.15) is 43.4 Å². The summed E-state index contributed by atoms with van der Waals surface area (Å²) in [6.07, 6.45) is 9.83. The first-order chi connectivity index (χ1) is 21.8. The van der Waals surface area contributed by atoms with Gasteiger partial charge >= 0.3 is 0 Å². The van der Waals surface area contributed by atoms with Crippen molar-refractivity contribution < 1.29 is 14.2 Å². The number of nitriles is 1.